The first-order valence-corrected chi connectivity index (χ1v) is 15.9. The van der Waals surface area contributed by atoms with E-state index < -0.39 is 0 Å². The molecule has 0 bridgehead atoms. The predicted octanol–water partition coefficient (Wildman–Crippen LogP) is 5.72. The second kappa shape index (κ2) is 13.8. The van der Waals surface area contributed by atoms with Gasteiger partial charge < -0.3 is 34.5 Å². The van der Waals surface area contributed by atoms with Gasteiger partial charge >= 0.3 is 0 Å². The zero-order valence-corrected chi connectivity index (χ0v) is 26.7. The number of methoxy groups -OCH3 is 1. The Morgan fingerprint density at radius 1 is 0.696 bits per heavy atom. The van der Waals surface area contributed by atoms with Gasteiger partial charge in [-0.15, -0.1) is 0 Å². The second-order valence-corrected chi connectivity index (χ2v) is 12.1. The highest BCUT2D eigenvalue weighted by Gasteiger charge is 2.33. The monoisotopic (exact) mass is 627 g/mol. The quantitative estimate of drug-likeness (QED) is 0.281. The standard InChI is InChI=1S/C35H41N5O6/c1-22-12-24-18-37-28-16-32(30(43-3)14-26(28)34(41)39(24)20-22)44-9-5-4-6-10-45-33-17-29-27(15-31(33)46-11-7-8-36)35(42)40-21-23(2)13-25(40)19-38-29/h14-21,24-25H,4-13,36H2,1-3H3/t24-,25-/m0/s1. The van der Waals surface area contributed by atoms with E-state index in [1.807, 2.05) is 38.7 Å². The first kappa shape index (κ1) is 31.3. The van der Waals surface area contributed by atoms with Gasteiger partial charge in [0.1, 0.15) is 0 Å². The molecule has 2 aromatic rings. The van der Waals surface area contributed by atoms with E-state index in [1.54, 1.807) is 41.2 Å². The summed E-state index contributed by atoms with van der Waals surface area (Å²) in [6.07, 6.45) is 12.1. The van der Waals surface area contributed by atoms with Crippen LogP contribution in [0, 0.1) is 0 Å². The fourth-order valence-electron chi connectivity index (χ4n) is 6.07. The summed E-state index contributed by atoms with van der Waals surface area (Å²) >= 11 is 0. The van der Waals surface area contributed by atoms with E-state index in [1.165, 1.54) is 0 Å². The number of rotatable bonds is 13. The number of fused-ring (bicyclic) bond motifs is 4. The minimum absolute atomic E-state index is 0.0634. The van der Waals surface area contributed by atoms with Crippen LogP contribution in [0.4, 0.5) is 11.4 Å². The van der Waals surface area contributed by atoms with Gasteiger partial charge in [0.15, 0.2) is 23.0 Å². The third-order valence-electron chi connectivity index (χ3n) is 8.45. The molecule has 4 aliphatic rings. The topological polar surface area (TPSA) is 128 Å². The highest BCUT2D eigenvalue weighted by Crippen LogP contribution is 2.40. The molecule has 4 aliphatic heterocycles. The molecule has 0 aliphatic carbocycles. The number of hydrogen-bond acceptors (Lipinski definition) is 9. The average Bonchev–Trinajstić information content (AvgIpc) is 3.56. The molecule has 0 fully saturated rings. The van der Waals surface area contributed by atoms with Crippen molar-refractivity contribution in [3.63, 3.8) is 0 Å². The van der Waals surface area contributed by atoms with E-state index in [9.17, 15) is 9.59 Å². The van der Waals surface area contributed by atoms with Crippen molar-refractivity contribution in [3.8, 4) is 23.0 Å². The molecule has 0 unspecified atom stereocenters. The number of nitrogens with two attached hydrogens (primary N) is 1. The van der Waals surface area contributed by atoms with Crippen LogP contribution >= 0.6 is 0 Å². The Hall–Kier alpha value is -4.64. The Morgan fingerprint density at radius 2 is 1.15 bits per heavy atom. The van der Waals surface area contributed by atoms with Crippen molar-refractivity contribution in [3.05, 3.63) is 58.9 Å². The van der Waals surface area contributed by atoms with E-state index >= 15 is 0 Å². The van der Waals surface area contributed by atoms with Crippen molar-refractivity contribution in [1.29, 1.82) is 0 Å². The van der Waals surface area contributed by atoms with Gasteiger partial charge in [-0.1, -0.05) is 11.1 Å². The summed E-state index contributed by atoms with van der Waals surface area (Å²) < 4.78 is 23.8. The molecule has 11 heteroatoms. The Balaban J connectivity index is 1.04. The van der Waals surface area contributed by atoms with Gasteiger partial charge in [0.2, 0.25) is 0 Å². The first-order valence-electron chi connectivity index (χ1n) is 15.9. The lowest BCUT2D eigenvalue weighted by molar-refractivity contribution is 0.0809. The molecule has 0 spiro atoms. The number of ether oxygens (including phenoxy) is 4. The Morgan fingerprint density at radius 3 is 1.65 bits per heavy atom. The van der Waals surface area contributed by atoms with Crippen molar-refractivity contribution in [2.24, 2.45) is 15.7 Å². The number of hydrogen-bond donors (Lipinski definition) is 1. The molecular weight excluding hydrogens is 586 g/mol. The molecular formula is C35H41N5O6. The number of carbonyl (C=O) groups is 2. The fourth-order valence-corrected chi connectivity index (χ4v) is 6.07. The third-order valence-corrected chi connectivity index (χ3v) is 8.45. The van der Waals surface area contributed by atoms with Gasteiger partial charge in [0.05, 0.1) is 61.5 Å². The Bertz CT molecular complexity index is 1630. The highest BCUT2D eigenvalue weighted by atomic mass is 16.5. The van der Waals surface area contributed by atoms with Crippen molar-refractivity contribution >= 4 is 35.6 Å². The van der Waals surface area contributed by atoms with Gasteiger partial charge in [-0.05, 0) is 71.0 Å². The van der Waals surface area contributed by atoms with Crippen LogP contribution in [0.3, 0.4) is 0 Å². The smallest absolute Gasteiger partial charge is 0.260 e. The summed E-state index contributed by atoms with van der Waals surface area (Å²) in [6, 6.07) is 6.90. The Kier molecular flexibility index (Phi) is 9.39. The number of benzene rings is 2. The maximum absolute atomic E-state index is 13.4. The van der Waals surface area contributed by atoms with Gasteiger partial charge in [-0.2, -0.15) is 0 Å². The van der Waals surface area contributed by atoms with Gasteiger partial charge in [-0.3, -0.25) is 19.6 Å². The number of amides is 2. The maximum atomic E-state index is 13.4. The summed E-state index contributed by atoms with van der Waals surface area (Å²) in [6.45, 7) is 5.90. The van der Waals surface area contributed by atoms with E-state index in [4.69, 9.17) is 24.7 Å². The minimum atomic E-state index is -0.0957. The normalized spacial score (nSPS) is 19.5. The lowest BCUT2D eigenvalue weighted by Gasteiger charge is -2.19. The molecule has 2 amide bonds. The van der Waals surface area contributed by atoms with Crippen molar-refractivity contribution < 1.29 is 28.5 Å². The molecule has 242 valence electrons. The lowest BCUT2D eigenvalue weighted by atomic mass is 10.1. The zero-order chi connectivity index (χ0) is 32.2. The SMILES string of the molecule is COc1cc2c(cc1OCCCCCOc1cc3c(cc1OCCCN)C(=O)N1C=C(C)C[C@H]1C=N3)N=C[C@@H]1CC(C)=CN1C2=O. The van der Waals surface area contributed by atoms with Crippen LogP contribution in [0.2, 0.25) is 0 Å². The summed E-state index contributed by atoms with van der Waals surface area (Å²) in [5.41, 5.74) is 10.1. The van der Waals surface area contributed by atoms with Crippen LogP contribution in [0.1, 0.15) is 73.1 Å². The van der Waals surface area contributed by atoms with Crippen LogP contribution in [-0.2, 0) is 0 Å². The van der Waals surface area contributed by atoms with E-state index in [-0.39, 0.29) is 23.9 Å². The number of aliphatic imine (C=N–C) groups is 2. The van der Waals surface area contributed by atoms with Crippen molar-refractivity contribution in [2.45, 2.75) is 64.5 Å². The van der Waals surface area contributed by atoms with Crippen molar-refractivity contribution in [1.82, 2.24) is 9.80 Å². The summed E-state index contributed by atoms with van der Waals surface area (Å²) in [4.78, 5) is 39.3. The van der Waals surface area contributed by atoms with Crippen molar-refractivity contribution in [2.75, 3.05) is 33.5 Å². The van der Waals surface area contributed by atoms with Crippen LogP contribution in [-0.4, -0.2) is 79.6 Å². The van der Waals surface area contributed by atoms with E-state index in [0.29, 0.717) is 78.3 Å². The summed E-state index contributed by atoms with van der Waals surface area (Å²) in [7, 11) is 1.57. The molecule has 0 aromatic heterocycles. The van der Waals surface area contributed by atoms with Gasteiger partial charge in [-0.25, -0.2) is 0 Å². The number of unbranched alkanes of at least 4 members (excludes halogenated alkanes) is 2. The molecule has 0 radical (unpaired) electrons. The third kappa shape index (κ3) is 6.50. The number of carbonyl (C=O) groups excluding carboxylic acids is 2. The molecule has 46 heavy (non-hydrogen) atoms. The fraction of sp³-hybridized carbons (Fsp3) is 0.429. The molecule has 4 heterocycles. The largest absolute Gasteiger partial charge is 0.493 e. The Labute approximate surface area is 269 Å². The molecule has 2 atom stereocenters. The molecule has 11 nitrogen and oxygen atoms in total. The van der Waals surface area contributed by atoms with Crippen LogP contribution in [0.15, 0.2) is 57.8 Å². The van der Waals surface area contributed by atoms with Crippen LogP contribution in [0.5, 0.6) is 23.0 Å². The molecule has 0 saturated heterocycles. The summed E-state index contributed by atoms with van der Waals surface area (Å²) in [5.74, 6) is 1.94. The molecule has 6 rings (SSSR count). The summed E-state index contributed by atoms with van der Waals surface area (Å²) in [5, 5.41) is 0. The maximum Gasteiger partial charge on any atom is 0.260 e. The minimum Gasteiger partial charge on any atom is -0.493 e. The molecule has 0 saturated carbocycles. The van der Waals surface area contributed by atoms with Gasteiger partial charge in [0, 0.05) is 37.0 Å². The van der Waals surface area contributed by atoms with Crippen LogP contribution in [0.25, 0.3) is 0 Å². The van der Waals surface area contributed by atoms with Gasteiger partial charge in [0.25, 0.3) is 11.8 Å². The molecule has 2 aromatic carbocycles. The lowest BCUT2D eigenvalue weighted by Crippen LogP contribution is -2.32. The molecule has 2 N–H and O–H groups in total. The first-order chi connectivity index (χ1) is 22.4. The predicted molar refractivity (Wildman–Crippen MR) is 176 cm³/mol. The highest BCUT2D eigenvalue weighted by molar-refractivity contribution is 6.05. The zero-order valence-electron chi connectivity index (χ0n) is 26.7. The van der Waals surface area contributed by atoms with E-state index in [0.717, 1.165) is 43.3 Å². The number of nitrogens with zero attached hydrogens (tertiary/aromatic N) is 4. The average molecular weight is 628 g/mol. The van der Waals surface area contributed by atoms with E-state index in [2.05, 4.69) is 9.98 Å². The van der Waals surface area contributed by atoms with Crippen LogP contribution < -0.4 is 24.7 Å². The second-order valence-electron chi connectivity index (χ2n) is 12.1.